The summed E-state index contributed by atoms with van der Waals surface area (Å²) >= 11 is 0. The van der Waals surface area contributed by atoms with Crippen molar-refractivity contribution in [1.82, 2.24) is 15.1 Å². The standard InChI is InChI=1S/C20H22N4O3/c21-15-20(9-2-1-3-10-20)23-18(25)14-27-19(26)17-7-5-16(6-8-17)13-24-12-4-11-22-24/h4-8,11-12H,1-3,9-10,13-14H2,(H,23,25). The Labute approximate surface area is 157 Å². The lowest BCUT2D eigenvalue weighted by atomic mass is 9.83. The van der Waals surface area contributed by atoms with Gasteiger partial charge in [-0.2, -0.15) is 10.4 Å². The summed E-state index contributed by atoms with van der Waals surface area (Å²) in [6.07, 6.45) is 7.76. The molecule has 1 aliphatic carbocycles. The number of nitriles is 1. The molecule has 1 aromatic carbocycles. The summed E-state index contributed by atoms with van der Waals surface area (Å²) in [5.41, 5.74) is 0.552. The smallest absolute Gasteiger partial charge is 0.338 e. The van der Waals surface area contributed by atoms with Crippen molar-refractivity contribution in [3.8, 4) is 6.07 Å². The Bertz CT molecular complexity index is 816. The molecule has 7 nitrogen and oxygen atoms in total. The highest BCUT2D eigenvalue weighted by Gasteiger charge is 2.33. The number of aromatic nitrogens is 2. The predicted molar refractivity (Wildman–Crippen MR) is 97.6 cm³/mol. The van der Waals surface area contributed by atoms with Crippen LogP contribution in [0.3, 0.4) is 0 Å². The normalized spacial score (nSPS) is 15.5. The molecular formula is C20H22N4O3. The summed E-state index contributed by atoms with van der Waals surface area (Å²) in [6, 6.07) is 11.0. The minimum absolute atomic E-state index is 0.375. The molecule has 0 radical (unpaired) electrons. The number of nitrogens with zero attached hydrogens (tertiary/aromatic N) is 3. The number of esters is 1. The molecule has 2 aromatic rings. The second-order valence-electron chi connectivity index (χ2n) is 6.78. The van der Waals surface area contributed by atoms with Gasteiger partial charge in [0.25, 0.3) is 5.91 Å². The third-order valence-corrected chi connectivity index (χ3v) is 4.73. The molecule has 1 fully saturated rings. The number of benzene rings is 1. The molecule has 0 bridgehead atoms. The van der Waals surface area contributed by atoms with E-state index in [1.54, 1.807) is 23.0 Å². The first-order valence-electron chi connectivity index (χ1n) is 9.06. The van der Waals surface area contributed by atoms with Crippen LogP contribution >= 0.6 is 0 Å². The molecule has 0 saturated heterocycles. The van der Waals surface area contributed by atoms with Gasteiger partial charge in [0.2, 0.25) is 0 Å². The minimum Gasteiger partial charge on any atom is -0.452 e. The molecule has 3 rings (SSSR count). The molecule has 1 aliphatic rings. The monoisotopic (exact) mass is 366 g/mol. The van der Waals surface area contributed by atoms with E-state index in [0.29, 0.717) is 24.9 Å². The lowest BCUT2D eigenvalue weighted by molar-refractivity contribution is -0.125. The van der Waals surface area contributed by atoms with E-state index in [1.807, 2.05) is 24.4 Å². The first-order valence-corrected chi connectivity index (χ1v) is 9.06. The zero-order chi connectivity index (χ0) is 19.1. The lowest BCUT2D eigenvalue weighted by Crippen LogP contribution is -2.50. The zero-order valence-electron chi connectivity index (χ0n) is 15.1. The van der Waals surface area contributed by atoms with E-state index in [9.17, 15) is 14.9 Å². The number of amides is 1. The van der Waals surface area contributed by atoms with Gasteiger partial charge in [-0.05, 0) is 36.6 Å². The van der Waals surface area contributed by atoms with Crippen molar-refractivity contribution >= 4 is 11.9 Å². The van der Waals surface area contributed by atoms with Crippen molar-refractivity contribution in [2.45, 2.75) is 44.2 Å². The fourth-order valence-corrected chi connectivity index (χ4v) is 3.26. The Morgan fingerprint density at radius 1 is 1.22 bits per heavy atom. The van der Waals surface area contributed by atoms with Gasteiger partial charge in [-0.3, -0.25) is 9.48 Å². The van der Waals surface area contributed by atoms with Crippen LogP contribution in [0.5, 0.6) is 0 Å². The topological polar surface area (TPSA) is 97.0 Å². The molecule has 1 aromatic heterocycles. The highest BCUT2D eigenvalue weighted by atomic mass is 16.5. The van der Waals surface area contributed by atoms with E-state index in [4.69, 9.17) is 4.74 Å². The number of rotatable bonds is 6. The summed E-state index contributed by atoms with van der Waals surface area (Å²) in [6.45, 7) is 0.221. The van der Waals surface area contributed by atoms with Crippen LogP contribution in [0.25, 0.3) is 0 Å². The van der Waals surface area contributed by atoms with E-state index in [-0.39, 0.29) is 0 Å². The lowest BCUT2D eigenvalue weighted by Gasteiger charge is -2.31. The quantitative estimate of drug-likeness (QED) is 0.792. The van der Waals surface area contributed by atoms with E-state index in [1.165, 1.54) is 0 Å². The second kappa shape index (κ2) is 8.49. The second-order valence-corrected chi connectivity index (χ2v) is 6.78. The number of hydrogen-bond acceptors (Lipinski definition) is 5. The first kappa shape index (κ1) is 18.6. The zero-order valence-corrected chi connectivity index (χ0v) is 15.1. The van der Waals surface area contributed by atoms with Crippen LogP contribution < -0.4 is 5.32 Å². The highest BCUT2D eigenvalue weighted by Crippen LogP contribution is 2.27. The van der Waals surface area contributed by atoms with Gasteiger partial charge in [0.15, 0.2) is 6.61 Å². The fraction of sp³-hybridized carbons (Fsp3) is 0.400. The molecule has 7 heteroatoms. The van der Waals surface area contributed by atoms with Crippen LogP contribution in [0.4, 0.5) is 0 Å². The molecule has 1 N–H and O–H groups in total. The minimum atomic E-state index is -0.824. The first-order chi connectivity index (χ1) is 13.1. The Kier molecular flexibility index (Phi) is 5.87. The van der Waals surface area contributed by atoms with Crippen molar-refractivity contribution in [2.24, 2.45) is 0 Å². The average molecular weight is 366 g/mol. The third-order valence-electron chi connectivity index (χ3n) is 4.73. The van der Waals surface area contributed by atoms with Crippen molar-refractivity contribution < 1.29 is 14.3 Å². The van der Waals surface area contributed by atoms with Crippen molar-refractivity contribution in [2.75, 3.05) is 6.61 Å². The predicted octanol–water partition coefficient (Wildman–Crippen LogP) is 2.43. The number of ether oxygens (including phenoxy) is 1. The fourth-order valence-electron chi connectivity index (χ4n) is 3.26. The highest BCUT2D eigenvalue weighted by molar-refractivity contribution is 5.91. The van der Waals surface area contributed by atoms with Crippen molar-refractivity contribution in [3.63, 3.8) is 0 Å². The number of hydrogen-bond donors (Lipinski definition) is 1. The average Bonchev–Trinajstić information content (AvgIpc) is 3.20. The summed E-state index contributed by atoms with van der Waals surface area (Å²) < 4.78 is 6.87. The van der Waals surface area contributed by atoms with Gasteiger partial charge in [-0.1, -0.05) is 31.4 Å². The molecule has 0 spiro atoms. The Balaban J connectivity index is 1.50. The summed E-state index contributed by atoms with van der Waals surface area (Å²) in [5, 5.41) is 16.3. The molecule has 1 heterocycles. The van der Waals surface area contributed by atoms with Gasteiger partial charge in [-0.15, -0.1) is 0 Å². The number of carbonyl (C=O) groups is 2. The third kappa shape index (κ3) is 4.94. The van der Waals surface area contributed by atoms with Gasteiger partial charge in [0.1, 0.15) is 5.54 Å². The van der Waals surface area contributed by atoms with Crippen LogP contribution in [0.2, 0.25) is 0 Å². The molecule has 1 saturated carbocycles. The summed E-state index contributed by atoms with van der Waals surface area (Å²) in [4.78, 5) is 24.2. The van der Waals surface area contributed by atoms with Crippen LogP contribution in [0.15, 0.2) is 42.7 Å². The molecule has 0 aliphatic heterocycles. The van der Waals surface area contributed by atoms with E-state index in [0.717, 1.165) is 24.8 Å². The maximum atomic E-state index is 12.1. The van der Waals surface area contributed by atoms with E-state index in [2.05, 4.69) is 16.5 Å². The SMILES string of the molecule is N#CC1(NC(=O)COC(=O)c2ccc(Cn3cccn3)cc2)CCCCC1. The summed E-state index contributed by atoms with van der Waals surface area (Å²) in [7, 11) is 0. The van der Waals surface area contributed by atoms with Gasteiger partial charge in [0, 0.05) is 12.4 Å². The maximum Gasteiger partial charge on any atom is 0.338 e. The molecule has 140 valence electrons. The molecule has 1 amide bonds. The number of nitrogens with one attached hydrogen (secondary N) is 1. The molecule has 0 atom stereocenters. The van der Waals surface area contributed by atoms with Gasteiger partial charge >= 0.3 is 5.97 Å². The van der Waals surface area contributed by atoms with E-state index < -0.39 is 24.0 Å². The van der Waals surface area contributed by atoms with Gasteiger partial charge in [-0.25, -0.2) is 4.79 Å². The van der Waals surface area contributed by atoms with Crippen LogP contribution in [-0.4, -0.2) is 33.8 Å². The van der Waals surface area contributed by atoms with Crippen molar-refractivity contribution in [3.05, 3.63) is 53.9 Å². The van der Waals surface area contributed by atoms with E-state index >= 15 is 0 Å². The number of carbonyl (C=O) groups excluding carboxylic acids is 2. The van der Waals surface area contributed by atoms with Gasteiger partial charge < -0.3 is 10.1 Å². The Hall–Kier alpha value is -3.14. The van der Waals surface area contributed by atoms with Crippen LogP contribution in [0, 0.1) is 11.3 Å². The van der Waals surface area contributed by atoms with Crippen molar-refractivity contribution in [1.29, 1.82) is 5.26 Å². The molecule has 0 unspecified atom stereocenters. The summed E-state index contributed by atoms with van der Waals surface area (Å²) in [5.74, 6) is -1.01. The maximum absolute atomic E-state index is 12.1. The van der Waals surface area contributed by atoms with Crippen LogP contribution in [-0.2, 0) is 16.1 Å². The Morgan fingerprint density at radius 3 is 2.59 bits per heavy atom. The van der Waals surface area contributed by atoms with Gasteiger partial charge in [0.05, 0.1) is 18.2 Å². The molecular weight excluding hydrogens is 344 g/mol. The Morgan fingerprint density at radius 2 is 1.96 bits per heavy atom. The largest absolute Gasteiger partial charge is 0.452 e. The van der Waals surface area contributed by atoms with Crippen LogP contribution in [0.1, 0.15) is 48.0 Å². The molecule has 27 heavy (non-hydrogen) atoms.